The van der Waals surface area contributed by atoms with E-state index in [1.54, 1.807) is 12.1 Å². The van der Waals surface area contributed by atoms with E-state index in [-0.39, 0.29) is 23.1 Å². The van der Waals surface area contributed by atoms with Gasteiger partial charge in [0.2, 0.25) is 0 Å². The Balaban J connectivity index is 1.84. The van der Waals surface area contributed by atoms with Gasteiger partial charge in [0.05, 0.1) is 17.3 Å². The van der Waals surface area contributed by atoms with Crippen LogP contribution in [0.2, 0.25) is 0 Å². The summed E-state index contributed by atoms with van der Waals surface area (Å²) in [6.07, 6.45) is 4.90. The van der Waals surface area contributed by atoms with Gasteiger partial charge < -0.3 is 10.5 Å². The minimum atomic E-state index is -3.33. The number of nitrogen functional groups attached to an aromatic ring is 1. The number of hydrogen-bond donors (Lipinski definition) is 2. The van der Waals surface area contributed by atoms with Crippen LogP contribution in [-0.4, -0.2) is 33.2 Å². The van der Waals surface area contributed by atoms with E-state index in [1.807, 2.05) is 0 Å². The smallest absolute Gasteiger partial charge is 0.180 e. The first-order valence-electron chi connectivity index (χ1n) is 7.24. The molecule has 0 bridgehead atoms. The zero-order chi connectivity index (χ0) is 15.3. The van der Waals surface area contributed by atoms with Crippen molar-refractivity contribution >= 4 is 15.7 Å². The molecule has 0 atom stereocenters. The predicted molar refractivity (Wildman–Crippen MR) is 82.3 cm³/mol. The van der Waals surface area contributed by atoms with Crippen molar-refractivity contribution in [2.45, 2.75) is 30.6 Å². The minimum absolute atomic E-state index is 0.0147. The number of ether oxygens (including phenoxy) is 1. The second-order valence-electron chi connectivity index (χ2n) is 5.48. The zero-order valence-corrected chi connectivity index (χ0v) is 12.9. The lowest BCUT2D eigenvalue weighted by Crippen LogP contribution is -2.16. The average molecular weight is 310 g/mol. The molecule has 1 aliphatic rings. The summed E-state index contributed by atoms with van der Waals surface area (Å²) in [6.45, 7) is 0.895. The standard InChI is InChI=1S/C15H22N2O3S/c16-15(17)13-5-7-14(8-6-13)21(18,19)10-9-20-11-12-3-1-2-4-12/h5-8,12H,1-4,9-11H2,(H3,16,17). The fourth-order valence-electron chi connectivity index (χ4n) is 2.56. The first-order chi connectivity index (χ1) is 9.99. The van der Waals surface area contributed by atoms with Gasteiger partial charge in [0, 0.05) is 12.2 Å². The molecule has 0 radical (unpaired) electrons. The Hall–Kier alpha value is -1.40. The van der Waals surface area contributed by atoms with Crippen LogP contribution in [-0.2, 0) is 14.6 Å². The third kappa shape index (κ3) is 4.54. The van der Waals surface area contributed by atoms with Gasteiger partial charge in [-0.15, -0.1) is 0 Å². The van der Waals surface area contributed by atoms with E-state index in [2.05, 4.69) is 0 Å². The summed E-state index contributed by atoms with van der Waals surface area (Å²) in [5.74, 6) is 0.514. The topological polar surface area (TPSA) is 93.2 Å². The van der Waals surface area contributed by atoms with E-state index in [0.717, 1.165) is 0 Å². The number of nitrogens with two attached hydrogens (primary N) is 1. The van der Waals surface area contributed by atoms with Crippen LogP contribution in [0.3, 0.4) is 0 Å². The Bertz CT molecular complexity index is 575. The van der Waals surface area contributed by atoms with Crippen molar-refractivity contribution in [3.63, 3.8) is 0 Å². The number of benzene rings is 1. The van der Waals surface area contributed by atoms with Crippen molar-refractivity contribution in [2.75, 3.05) is 19.0 Å². The molecular weight excluding hydrogens is 288 g/mol. The monoisotopic (exact) mass is 310 g/mol. The van der Waals surface area contributed by atoms with Crippen LogP contribution in [0.15, 0.2) is 29.2 Å². The molecule has 5 nitrogen and oxygen atoms in total. The van der Waals surface area contributed by atoms with E-state index >= 15 is 0 Å². The summed E-state index contributed by atoms with van der Waals surface area (Å²) >= 11 is 0. The minimum Gasteiger partial charge on any atom is -0.384 e. The maximum atomic E-state index is 12.1. The molecular formula is C15H22N2O3S. The second-order valence-corrected chi connectivity index (χ2v) is 7.59. The summed E-state index contributed by atoms with van der Waals surface area (Å²) in [7, 11) is -3.33. The van der Waals surface area contributed by atoms with Crippen molar-refractivity contribution in [3.8, 4) is 0 Å². The molecule has 0 aromatic heterocycles. The molecule has 1 aromatic rings. The van der Waals surface area contributed by atoms with Gasteiger partial charge in [-0.3, -0.25) is 5.41 Å². The fraction of sp³-hybridized carbons (Fsp3) is 0.533. The average Bonchev–Trinajstić information content (AvgIpc) is 2.97. The van der Waals surface area contributed by atoms with Gasteiger partial charge in [-0.25, -0.2) is 8.42 Å². The summed E-state index contributed by atoms with van der Waals surface area (Å²) in [6, 6.07) is 6.08. The lowest BCUT2D eigenvalue weighted by molar-refractivity contribution is 0.114. The van der Waals surface area contributed by atoms with Gasteiger partial charge in [-0.05, 0) is 30.9 Å². The normalized spacial score (nSPS) is 16.2. The van der Waals surface area contributed by atoms with Crippen LogP contribution in [0.4, 0.5) is 0 Å². The molecule has 3 N–H and O–H groups in total. The van der Waals surface area contributed by atoms with Crippen LogP contribution < -0.4 is 5.73 Å². The molecule has 0 aliphatic heterocycles. The summed E-state index contributed by atoms with van der Waals surface area (Å²) in [5.41, 5.74) is 5.86. The lowest BCUT2D eigenvalue weighted by Gasteiger charge is -2.10. The summed E-state index contributed by atoms with van der Waals surface area (Å²) < 4.78 is 29.8. The molecule has 116 valence electrons. The fourth-order valence-corrected chi connectivity index (χ4v) is 3.68. The van der Waals surface area contributed by atoms with Crippen molar-refractivity contribution in [3.05, 3.63) is 29.8 Å². The predicted octanol–water partition coefficient (Wildman–Crippen LogP) is 1.95. The van der Waals surface area contributed by atoms with Crippen molar-refractivity contribution < 1.29 is 13.2 Å². The van der Waals surface area contributed by atoms with Gasteiger partial charge in [0.1, 0.15) is 5.84 Å². The molecule has 2 rings (SSSR count). The maximum Gasteiger partial charge on any atom is 0.180 e. The Labute approximate surface area is 125 Å². The molecule has 1 aliphatic carbocycles. The largest absolute Gasteiger partial charge is 0.384 e. The van der Waals surface area contributed by atoms with E-state index in [9.17, 15) is 8.42 Å². The van der Waals surface area contributed by atoms with Crippen LogP contribution in [0, 0.1) is 11.3 Å². The molecule has 0 saturated heterocycles. The zero-order valence-electron chi connectivity index (χ0n) is 12.0. The van der Waals surface area contributed by atoms with Crippen molar-refractivity contribution in [1.29, 1.82) is 5.41 Å². The van der Waals surface area contributed by atoms with Gasteiger partial charge in [0.15, 0.2) is 9.84 Å². The van der Waals surface area contributed by atoms with E-state index in [0.29, 0.717) is 18.1 Å². The number of amidine groups is 1. The van der Waals surface area contributed by atoms with Crippen LogP contribution >= 0.6 is 0 Å². The van der Waals surface area contributed by atoms with Gasteiger partial charge in [0.25, 0.3) is 0 Å². The molecule has 0 unspecified atom stereocenters. The molecule has 0 spiro atoms. The molecule has 0 heterocycles. The van der Waals surface area contributed by atoms with Gasteiger partial charge >= 0.3 is 0 Å². The lowest BCUT2D eigenvalue weighted by atomic mass is 10.1. The van der Waals surface area contributed by atoms with Gasteiger partial charge in [-0.1, -0.05) is 25.0 Å². The van der Waals surface area contributed by atoms with Crippen LogP contribution in [0.25, 0.3) is 0 Å². The molecule has 0 amide bonds. The second kappa shape index (κ2) is 7.04. The first-order valence-corrected chi connectivity index (χ1v) is 8.89. The Morgan fingerprint density at radius 1 is 1.24 bits per heavy atom. The number of rotatable bonds is 7. The Kier molecular flexibility index (Phi) is 5.36. The van der Waals surface area contributed by atoms with E-state index in [4.69, 9.17) is 15.9 Å². The molecule has 1 aromatic carbocycles. The highest BCUT2D eigenvalue weighted by Crippen LogP contribution is 2.24. The Morgan fingerprint density at radius 3 is 2.43 bits per heavy atom. The molecule has 1 saturated carbocycles. The quantitative estimate of drug-likeness (QED) is 0.457. The summed E-state index contributed by atoms with van der Waals surface area (Å²) in [5, 5.41) is 7.29. The number of sulfone groups is 1. The molecule has 21 heavy (non-hydrogen) atoms. The molecule has 6 heteroatoms. The highest BCUT2D eigenvalue weighted by Gasteiger charge is 2.17. The van der Waals surface area contributed by atoms with Crippen molar-refractivity contribution in [2.24, 2.45) is 11.7 Å². The third-order valence-electron chi connectivity index (χ3n) is 3.85. The van der Waals surface area contributed by atoms with Gasteiger partial charge in [-0.2, -0.15) is 0 Å². The first kappa shape index (κ1) is 16.0. The van der Waals surface area contributed by atoms with E-state index in [1.165, 1.54) is 37.8 Å². The van der Waals surface area contributed by atoms with Crippen molar-refractivity contribution in [1.82, 2.24) is 0 Å². The SMILES string of the molecule is N=C(N)c1ccc(S(=O)(=O)CCOCC2CCCC2)cc1. The van der Waals surface area contributed by atoms with Crippen LogP contribution in [0.1, 0.15) is 31.2 Å². The molecule has 1 fully saturated rings. The highest BCUT2D eigenvalue weighted by atomic mass is 32.2. The highest BCUT2D eigenvalue weighted by molar-refractivity contribution is 7.91. The maximum absolute atomic E-state index is 12.1. The number of hydrogen-bond acceptors (Lipinski definition) is 4. The number of nitrogens with one attached hydrogen (secondary N) is 1. The Morgan fingerprint density at radius 2 is 1.86 bits per heavy atom. The van der Waals surface area contributed by atoms with E-state index < -0.39 is 9.84 Å². The van der Waals surface area contributed by atoms with Crippen LogP contribution in [0.5, 0.6) is 0 Å². The third-order valence-corrected chi connectivity index (χ3v) is 5.54. The summed E-state index contributed by atoms with van der Waals surface area (Å²) in [4.78, 5) is 0.247.